The molecule has 4 rings (SSSR count). The van der Waals surface area contributed by atoms with Crippen molar-refractivity contribution in [1.82, 2.24) is 20.1 Å². The molecule has 8 nitrogen and oxygen atoms in total. The average molecular weight is 437 g/mol. The summed E-state index contributed by atoms with van der Waals surface area (Å²) in [5.41, 5.74) is 0.297. The van der Waals surface area contributed by atoms with E-state index in [0.29, 0.717) is 34.5 Å². The number of nitrogens with one attached hydrogen (secondary N) is 2. The minimum atomic E-state index is -0.596. The number of anilines is 2. The van der Waals surface area contributed by atoms with E-state index in [1.165, 1.54) is 17.4 Å². The number of carbonyl (C=O) groups is 2. The first kappa shape index (κ1) is 20.0. The van der Waals surface area contributed by atoms with Gasteiger partial charge in [-0.05, 0) is 50.3 Å². The molecule has 0 aliphatic carbocycles. The highest BCUT2D eigenvalue weighted by Gasteiger charge is 2.35. The molecule has 0 spiro atoms. The topological polar surface area (TPSA) is 94.2 Å². The fourth-order valence-electron chi connectivity index (χ4n) is 3.84. The summed E-state index contributed by atoms with van der Waals surface area (Å²) in [7, 11) is 0. The molecule has 0 saturated carbocycles. The number of halogens is 2. The molecular formula is C19H22Cl2N6O2. The highest BCUT2D eigenvalue weighted by Crippen LogP contribution is 2.27. The van der Waals surface area contributed by atoms with E-state index in [-0.39, 0.29) is 17.8 Å². The number of piperidine rings is 1. The smallest absolute Gasteiger partial charge is 0.256 e. The summed E-state index contributed by atoms with van der Waals surface area (Å²) in [6.45, 7) is 2.31. The Morgan fingerprint density at radius 2 is 1.90 bits per heavy atom. The quantitative estimate of drug-likeness (QED) is 0.765. The number of carbonyl (C=O) groups excluding carboxylic acids is 2. The SMILES string of the molecule is O=C(Nc1nc(N2CCCCC2)n[nH]1)C1CCCN1C(=O)c1cc(Cl)ccc1Cl. The van der Waals surface area contributed by atoms with Gasteiger partial charge in [-0.1, -0.05) is 23.2 Å². The Morgan fingerprint density at radius 1 is 1.10 bits per heavy atom. The third kappa shape index (κ3) is 4.33. The van der Waals surface area contributed by atoms with Crippen molar-refractivity contribution in [3.05, 3.63) is 33.8 Å². The molecule has 10 heteroatoms. The predicted molar refractivity (Wildman–Crippen MR) is 112 cm³/mol. The van der Waals surface area contributed by atoms with E-state index in [4.69, 9.17) is 23.2 Å². The maximum absolute atomic E-state index is 13.0. The number of hydrogen-bond acceptors (Lipinski definition) is 5. The maximum atomic E-state index is 13.0. The summed E-state index contributed by atoms with van der Waals surface area (Å²) < 4.78 is 0. The van der Waals surface area contributed by atoms with Crippen molar-refractivity contribution < 1.29 is 9.59 Å². The fourth-order valence-corrected chi connectivity index (χ4v) is 4.21. The molecule has 1 aromatic carbocycles. The molecule has 2 saturated heterocycles. The number of nitrogens with zero attached hydrogens (tertiary/aromatic N) is 4. The Kier molecular flexibility index (Phi) is 5.91. The van der Waals surface area contributed by atoms with Crippen LogP contribution in [0.25, 0.3) is 0 Å². The van der Waals surface area contributed by atoms with Gasteiger partial charge < -0.3 is 9.80 Å². The van der Waals surface area contributed by atoms with Crippen molar-refractivity contribution in [2.45, 2.75) is 38.1 Å². The van der Waals surface area contributed by atoms with E-state index in [2.05, 4.69) is 25.4 Å². The summed E-state index contributed by atoms with van der Waals surface area (Å²) in [6.07, 6.45) is 4.75. The molecule has 1 unspecified atom stereocenters. The van der Waals surface area contributed by atoms with Crippen LogP contribution in [0.15, 0.2) is 18.2 Å². The molecule has 3 heterocycles. The van der Waals surface area contributed by atoms with Crippen LogP contribution in [-0.2, 0) is 4.79 Å². The van der Waals surface area contributed by atoms with Gasteiger partial charge in [-0.2, -0.15) is 4.98 Å². The van der Waals surface area contributed by atoms with Crippen molar-refractivity contribution in [3.63, 3.8) is 0 Å². The third-order valence-corrected chi connectivity index (χ3v) is 5.89. The van der Waals surface area contributed by atoms with Gasteiger partial charge in [-0.15, -0.1) is 5.10 Å². The number of likely N-dealkylation sites (tertiary alicyclic amines) is 1. The molecule has 2 N–H and O–H groups in total. The second-order valence-electron chi connectivity index (χ2n) is 7.30. The zero-order chi connectivity index (χ0) is 20.4. The first-order chi connectivity index (χ1) is 14.0. The minimum absolute atomic E-state index is 0.288. The lowest BCUT2D eigenvalue weighted by atomic mass is 10.1. The van der Waals surface area contributed by atoms with E-state index in [1.54, 1.807) is 12.1 Å². The van der Waals surface area contributed by atoms with Crippen LogP contribution in [-0.4, -0.2) is 57.6 Å². The summed E-state index contributed by atoms with van der Waals surface area (Å²) in [5.74, 6) is 0.276. The van der Waals surface area contributed by atoms with Gasteiger partial charge in [0.05, 0.1) is 10.6 Å². The first-order valence-corrected chi connectivity index (χ1v) is 10.5. The molecule has 1 aromatic heterocycles. The lowest BCUT2D eigenvalue weighted by Crippen LogP contribution is -2.43. The molecule has 2 aromatic rings. The van der Waals surface area contributed by atoms with Crippen LogP contribution >= 0.6 is 23.2 Å². The molecule has 2 fully saturated rings. The predicted octanol–water partition coefficient (Wildman–Crippen LogP) is 3.35. The van der Waals surface area contributed by atoms with Gasteiger partial charge in [0.1, 0.15) is 6.04 Å². The number of aromatic nitrogens is 3. The molecule has 1 atom stereocenters. The molecule has 2 aliphatic heterocycles. The van der Waals surface area contributed by atoms with Crippen LogP contribution < -0.4 is 10.2 Å². The third-order valence-electron chi connectivity index (χ3n) is 5.33. The summed E-state index contributed by atoms with van der Waals surface area (Å²) in [4.78, 5) is 33.8. The van der Waals surface area contributed by atoms with Crippen molar-refractivity contribution in [2.24, 2.45) is 0 Å². The van der Waals surface area contributed by atoms with Crippen LogP contribution in [0.1, 0.15) is 42.5 Å². The van der Waals surface area contributed by atoms with Crippen molar-refractivity contribution in [1.29, 1.82) is 0 Å². The van der Waals surface area contributed by atoms with Crippen LogP contribution in [0.5, 0.6) is 0 Å². The standard InChI is InChI=1S/C19H22Cl2N6O2/c20-12-6-7-14(21)13(11-12)17(29)27-10-4-5-15(27)16(28)22-18-23-19(25-24-18)26-8-2-1-3-9-26/h6-7,11,15H,1-5,8-10H2,(H2,22,23,24,25,28). The number of aromatic amines is 1. The van der Waals surface area contributed by atoms with E-state index < -0.39 is 6.04 Å². The number of hydrogen-bond donors (Lipinski definition) is 2. The Hall–Kier alpha value is -2.32. The summed E-state index contributed by atoms with van der Waals surface area (Å²) >= 11 is 12.2. The molecule has 0 radical (unpaired) electrons. The van der Waals surface area contributed by atoms with Crippen LogP contribution in [0.3, 0.4) is 0 Å². The molecule has 29 heavy (non-hydrogen) atoms. The van der Waals surface area contributed by atoms with Gasteiger partial charge in [-0.25, -0.2) is 5.10 Å². The van der Waals surface area contributed by atoms with E-state index in [1.807, 2.05) is 0 Å². The lowest BCUT2D eigenvalue weighted by molar-refractivity contribution is -0.119. The molecule has 154 valence electrons. The number of benzene rings is 1. The largest absolute Gasteiger partial charge is 0.340 e. The first-order valence-electron chi connectivity index (χ1n) is 9.77. The number of rotatable bonds is 4. The van der Waals surface area contributed by atoms with Gasteiger partial charge in [-0.3, -0.25) is 14.9 Å². The second kappa shape index (κ2) is 8.59. The monoisotopic (exact) mass is 436 g/mol. The van der Waals surface area contributed by atoms with Crippen LogP contribution in [0, 0.1) is 0 Å². The van der Waals surface area contributed by atoms with Gasteiger partial charge in [0.25, 0.3) is 5.91 Å². The van der Waals surface area contributed by atoms with Gasteiger partial charge in [0.2, 0.25) is 17.8 Å². The fraction of sp³-hybridized carbons (Fsp3) is 0.474. The van der Waals surface area contributed by atoms with Crippen LogP contribution in [0.2, 0.25) is 10.0 Å². The highest BCUT2D eigenvalue weighted by molar-refractivity contribution is 6.35. The molecular weight excluding hydrogens is 415 g/mol. The zero-order valence-corrected chi connectivity index (χ0v) is 17.3. The number of H-pyrrole nitrogens is 1. The van der Waals surface area contributed by atoms with Gasteiger partial charge in [0, 0.05) is 24.7 Å². The normalized spacial score (nSPS) is 19.4. The molecule has 0 bridgehead atoms. The number of amides is 2. The molecule has 2 amide bonds. The van der Waals surface area contributed by atoms with Crippen LogP contribution in [0.4, 0.5) is 11.9 Å². The van der Waals surface area contributed by atoms with E-state index in [9.17, 15) is 9.59 Å². The van der Waals surface area contributed by atoms with Crippen molar-refractivity contribution in [3.8, 4) is 0 Å². The minimum Gasteiger partial charge on any atom is -0.340 e. The Morgan fingerprint density at radius 3 is 2.69 bits per heavy atom. The van der Waals surface area contributed by atoms with Gasteiger partial charge in [0.15, 0.2) is 0 Å². The lowest BCUT2D eigenvalue weighted by Gasteiger charge is -2.25. The second-order valence-corrected chi connectivity index (χ2v) is 8.15. The van der Waals surface area contributed by atoms with E-state index >= 15 is 0 Å². The van der Waals surface area contributed by atoms with Gasteiger partial charge >= 0.3 is 0 Å². The maximum Gasteiger partial charge on any atom is 0.256 e. The highest BCUT2D eigenvalue weighted by atomic mass is 35.5. The van der Waals surface area contributed by atoms with Crippen molar-refractivity contribution in [2.75, 3.05) is 29.9 Å². The van der Waals surface area contributed by atoms with E-state index in [0.717, 1.165) is 32.4 Å². The molecule has 2 aliphatic rings. The zero-order valence-electron chi connectivity index (χ0n) is 15.8. The Labute approximate surface area is 178 Å². The Balaban J connectivity index is 1.44. The average Bonchev–Trinajstić information content (AvgIpc) is 3.40. The van der Waals surface area contributed by atoms with Crippen molar-refractivity contribution >= 4 is 46.9 Å². The summed E-state index contributed by atoms with van der Waals surface area (Å²) in [6, 6.07) is 4.14. The Bertz CT molecular complexity index is 912. The summed E-state index contributed by atoms with van der Waals surface area (Å²) in [5, 5.41) is 10.5.